The van der Waals surface area contributed by atoms with Gasteiger partial charge in [-0.15, -0.1) is 0 Å². The summed E-state index contributed by atoms with van der Waals surface area (Å²) < 4.78 is 5.53. The summed E-state index contributed by atoms with van der Waals surface area (Å²) >= 11 is 0. The molecule has 1 heterocycles. The fourth-order valence-corrected chi connectivity index (χ4v) is 1.57. The van der Waals surface area contributed by atoms with Crippen LogP contribution in [0.5, 0.6) is 0 Å². The van der Waals surface area contributed by atoms with Crippen molar-refractivity contribution >= 4 is 0 Å². The molecular formula is C15H26N2O. The number of hydrogen-bond acceptors (Lipinski definition) is 3. The minimum Gasteiger partial charge on any atom is -0.375 e. The molecule has 0 amide bonds. The number of ether oxygens (including phenoxy) is 1. The highest BCUT2D eigenvalue weighted by Crippen LogP contribution is 2.03. The first-order valence-electron chi connectivity index (χ1n) is 6.94. The number of hydrogen-bond donors (Lipinski definition) is 1. The van der Waals surface area contributed by atoms with E-state index in [1.54, 1.807) is 0 Å². The summed E-state index contributed by atoms with van der Waals surface area (Å²) in [6, 6.07) is 4.18. The first-order valence-corrected chi connectivity index (χ1v) is 6.94. The molecule has 102 valence electrons. The van der Waals surface area contributed by atoms with Crippen molar-refractivity contribution < 1.29 is 4.74 Å². The van der Waals surface area contributed by atoms with Gasteiger partial charge in [0.1, 0.15) is 0 Å². The molecule has 0 atom stereocenters. The van der Waals surface area contributed by atoms with E-state index in [0.717, 1.165) is 31.8 Å². The third-order valence-electron chi connectivity index (χ3n) is 2.66. The van der Waals surface area contributed by atoms with E-state index < -0.39 is 0 Å². The smallest absolute Gasteiger partial charge is 0.0887 e. The normalized spacial score (nSPS) is 11.1. The fraction of sp³-hybridized carbons (Fsp3) is 0.667. The molecule has 0 aliphatic heterocycles. The number of pyridine rings is 1. The second-order valence-corrected chi connectivity index (χ2v) is 5.09. The summed E-state index contributed by atoms with van der Waals surface area (Å²) in [6.45, 7) is 9.98. The largest absolute Gasteiger partial charge is 0.375 e. The molecule has 0 bridgehead atoms. The average molecular weight is 250 g/mol. The lowest BCUT2D eigenvalue weighted by Crippen LogP contribution is -2.19. The van der Waals surface area contributed by atoms with E-state index in [1.807, 2.05) is 6.20 Å². The van der Waals surface area contributed by atoms with Gasteiger partial charge in [-0.25, -0.2) is 0 Å². The molecule has 0 aliphatic rings. The Kier molecular flexibility index (Phi) is 7.62. The predicted octanol–water partition coefficient (Wildman–Crippen LogP) is 3.14. The predicted molar refractivity (Wildman–Crippen MR) is 75.3 cm³/mol. The molecule has 0 unspecified atom stereocenters. The van der Waals surface area contributed by atoms with Crippen LogP contribution in [0.4, 0.5) is 0 Å². The Morgan fingerprint density at radius 1 is 1.33 bits per heavy atom. The molecule has 0 aromatic carbocycles. The summed E-state index contributed by atoms with van der Waals surface area (Å²) in [4.78, 5) is 4.41. The monoisotopic (exact) mass is 250 g/mol. The van der Waals surface area contributed by atoms with Crippen molar-refractivity contribution in [1.29, 1.82) is 0 Å². The Morgan fingerprint density at radius 2 is 2.17 bits per heavy atom. The van der Waals surface area contributed by atoms with Gasteiger partial charge in [0, 0.05) is 19.3 Å². The zero-order chi connectivity index (χ0) is 13.2. The van der Waals surface area contributed by atoms with Gasteiger partial charge in [-0.3, -0.25) is 4.98 Å². The van der Waals surface area contributed by atoms with Crippen LogP contribution in [0.25, 0.3) is 0 Å². The lowest BCUT2D eigenvalue weighted by atomic mass is 10.2. The van der Waals surface area contributed by atoms with Gasteiger partial charge in [-0.2, -0.15) is 0 Å². The molecule has 1 aromatic heterocycles. The highest BCUT2D eigenvalue weighted by Gasteiger charge is 1.98. The Morgan fingerprint density at radius 3 is 2.78 bits per heavy atom. The van der Waals surface area contributed by atoms with Crippen LogP contribution in [0.3, 0.4) is 0 Å². The van der Waals surface area contributed by atoms with Gasteiger partial charge in [-0.05, 0) is 30.5 Å². The van der Waals surface area contributed by atoms with Gasteiger partial charge in [-0.1, -0.05) is 33.3 Å². The van der Waals surface area contributed by atoms with Gasteiger partial charge in [0.05, 0.1) is 12.3 Å². The van der Waals surface area contributed by atoms with E-state index in [4.69, 9.17) is 4.74 Å². The van der Waals surface area contributed by atoms with Gasteiger partial charge in [0.25, 0.3) is 0 Å². The van der Waals surface area contributed by atoms with Crippen LogP contribution in [-0.2, 0) is 17.9 Å². The van der Waals surface area contributed by atoms with E-state index in [0.29, 0.717) is 12.5 Å². The van der Waals surface area contributed by atoms with Crippen LogP contribution in [0.1, 0.15) is 44.9 Å². The average Bonchev–Trinajstić information content (AvgIpc) is 2.36. The summed E-state index contributed by atoms with van der Waals surface area (Å²) in [5, 5.41) is 3.41. The standard InChI is InChI=1S/C15H26N2O/c1-4-5-8-18-12-15-7-6-14(11-17-15)10-16-9-13(2)3/h6-7,11,13,16H,4-5,8-10,12H2,1-3H3. The maximum Gasteiger partial charge on any atom is 0.0887 e. The van der Waals surface area contributed by atoms with Crippen LogP contribution >= 0.6 is 0 Å². The molecule has 0 aliphatic carbocycles. The van der Waals surface area contributed by atoms with Crippen molar-refractivity contribution in [2.45, 2.75) is 46.8 Å². The topological polar surface area (TPSA) is 34.1 Å². The molecule has 0 saturated carbocycles. The number of aromatic nitrogens is 1. The van der Waals surface area contributed by atoms with Crippen LogP contribution in [-0.4, -0.2) is 18.1 Å². The van der Waals surface area contributed by atoms with E-state index in [-0.39, 0.29) is 0 Å². The first kappa shape index (κ1) is 15.1. The number of rotatable bonds is 9. The second-order valence-electron chi connectivity index (χ2n) is 5.09. The zero-order valence-electron chi connectivity index (χ0n) is 11.9. The molecule has 1 rings (SSSR count). The highest BCUT2D eigenvalue weighted by molar-refractivity contribution is 5.13. The maximum atomic E-state index is 5.53. The van der Waals surface area contributed by atoms with Crippen LogP contribution < -0.4 is 5.32 Å². The van der Waals surface area contributed by atoms with Crippen molar-refractivity contribution in [2.75, 3.05) is 13.2 Å². The Bertz CT molecular complexity index is 309. The minimum absolute atomic E-state index is 0.625. The summed E-state index contributed by atoms with van der Waals surface area (Å²) in [6.07, 6.45) is 4.23. The number of nitrogens with zero attached hydrogens (tertiary/aromatic N) is 1. The Balaban J connectivity index is 2.24. The highest BCUT2D eigenvalue weighted by atomic mass is 16.5. The number of nitrogens with one attached hydrogen (secondary N) is 1. The lowest BCUT2D eigenvalue weighted by Gasteiger charge is -2.08. The van der Waals surface area contributed by atoms with Crippen LogP contribution in [0, 0.1) is 5.92 Å². The second kappa shape index (κ2) is 9.06. The van der Waals surface area contributed by atoms with E-state index >= 15 is 0 Å². The minimum atomic E-state index is 0.625. The molecular weight excluding hydrogens is 224 g/mol. The summed E-state index contributed by atoms with van der Waals surface area (Å²) in [5.74, 6) is 0.684. The third kappa shape index (κ3) is 6.72. The Labute approximate surface area is 111 Å². The fourth-order valence-electron chi connectivity index (χ4n) is 1.57. The molecule has 18 heavy (non-hydrogen) atoms. The van der Waals surface area contributed by atoms with E-state index in [2.05, 4.69) is 43.2 Å². The van der Waals surface area contributed by atoms with Crippen molar-refractivity contribution in [1.82, 2.24) is 10.3 Å². The van der Waals surface area contributed by atoms with Crippen LogP contribution in [0.15, 0.2) is 18.3 Å². The molecule has 0 saturated heterocycles. The molecule has 3 heteroatoms. The molecule has 3 nitrogen and oxygen atoms in total. The van der Waals surface area contributed by atoms with Crippen LogP contribution in [0.2, 0.25) is 0 Å². The van der Waals surface area contributed by atoms with Gasteiger partial charge >= 0.3 is 0 Å². The van der Waals surface area contributed by atoms with Gasteiger partial charge in [0.15, 0.2) is 0 Å². The quantitative estimate of drug-likeness (QED) is 0.684. The molecule has 1 N–H and O–H groups in total. The molecule has 1 aromatic rings. The molecule has 0 spiro atoms. The third-order valence-corrected chi connectivity index (χ3v) is 2.66. The first-order chi connectivity index (χ1) is 8.72. The van der Waals surface area contributed by atoms with Crippen molar-refractivity contribution in [2.24, 2.45) is 5.92 Å². The van der Waals surface area contributed by atoms with Crippen molar-refractivity contribution in [3.8, 4) is 0 Å². The number of unbranched alkanes of at least 4 members (excludes halogenated alkanes) is 1. The lowest BCUT2D eigenvalue weighted by molar-refractivity contribution is 0.115. The van der Waals surface area contributed by atoms with E-state index in [9.17, 15) is 0 Å². The maximum absolute atomic E-state index is 5.53. The van der Waals surface area contributed by atoms with Gasteiger partial charge in [0.2, 0.25) is 0 Å². The van der Waals surface area contributed by atoms with E-state index in [1.165, 1.54) is 12.0 Å². The summed E-state index contributed by atoms with van der Waals surface area (Å²) in [7, 11) is 0. The molecule has 0 radical (unpaired) electrons. The SMILES string of the molecule is CCCCOCc1ccc(CNCC(C)C)cn1. The van der Waals surface area contributed by atoms with Gasteiger partial charge < -0.3 is 10.1 Å². The zero-order valence-corrected chi connectivity index (χ0v) is 11.9. The molecule has 0 fully saturated rings. The van der Waals surface area contributed by atoms with Crippen molar-refractivity contribution in [3.05, 3.63) is 29.6 Å². The van der Waals surface area contributed by atoms with Crippen molar-refractivity contribution in [3.63, 3.8) is 0 Å². The summed E-state index contributed by atoms with van der Waals surface area (Å²) in [5.41, 5.74) is 2.24. The Hall–Kier alpha value is -0.930.